The third-order valence-electron chi connectivity index (χ3n) is 4.86. The molecule has 3 rings (SSSR count). The van der Waals surface area contributed by atoms with E-state index in [2.05, 4.69) is 10.3 Å². The molecular weight excluding hydrogens is 448 g/mol. The highest BCUT2D eigenvalue weighted by molar-refractivity contribution is 7.89. The standard InChI is InChI=1S/C22H24N4O6S/c1-15-12-24-22(29)26(15)18-10-8-16(9-11-18)21(28)32-14-20(27)23-13-17-6-4-5-7-19(17)33(30,31)25(2)3/h4-12H,13-14H2,1-3H3,(H,23,27)(H,24,29). The fourth-order valence-electron chi connectivity index (χ4n) is 3.08. The molecule has 0 spiro atoms. The van der Waals surface area contributed by atoms with Gasteiger partial charge in [-0.25, -0.2) is 22.3 Å². The van der Waals surface area contributed by atoms with Crippen molar-refractivity contribution in [2.75, 3.05) is 20.7 Å². The summed E-state index contributed by atoms with van der Waals surface area (Å²) in [5.41, 5.74) is 1.64. The van der Waals surface area contributed by atoms with Crippen molar-refractivity contribution in [1.29, 1.82) is 0 Å². The maximum Gasteiger partial charge on any atom is 0.338 e. The van der Waals surface area contributed by atoms with Crippen molar-refractivity contribution < 1.29 is 22.7 Å². The smallest absolute Gasteiger partial charge is 0.338 e. The third kappa shape index (κ3) is 5.38. The van der Waals surface area contributed by atoms with E-state index < -0.39 is 28.5 Å². The summed E-state index contributed by atoms with van der Waals surface area (Å²) in [6, 6.07) is 12.5. The molecule has 0 saturated carbocycles. The number of amides is 1. The molecule has 3 aromatic rings. The topological polar surface area (TPSA) is 131 Å². The molecule has 0 saturated heterocycles. The van der Waals surface area contributed by atoms with Crippen LogP contribution >= 0.6 is 0 Å². The molecular formula is C22H24N4O6S. The number of carbonyl (C=O) groups is 2. The average molecular weight is 473 g/mol. The van der Waals surface area contributed by atoms with E-state index in [1.807, 2.05) is 0 Å². The molecule has 0 bridgehead atoms. The Balaban J connectivity index is 1.58. The van der Waals surface area contributed by atoms with Crippen LogP contribution in [0, 0.1) is 6.92 Å². The average Bonchev–Trinajstić information content (AvgIpc) is 3.14. The van der Waals surface area contributed by atoms with Gasteiger partial charge in [0, 0.05) is 32.5 Å². The van der Waals surface area contributed by atoms with E-state index in [0.717, 1.165) is 4.31 Å². The van der Waals surface area contributed by atoms with Crippen LogP contribution in [0.3, 0.4) is 0 Å². The van der Waals surface area contributed by atoms with Gasteiger partial charge in [-0.2, -0.15) is 0 Å². The highest BCUT2D eigenvalue weighted by Crippen LogP contribution is 2.18. The van der Waals surface area contributed by atoms with Crippen LogP contribution in [0.1, 0.15) is 21.6 Å². The van der Waals surface area contributed by atoms with E-state index in [-0.39, 0.29) is 22.7 Å². The van der Waals surface area contributed by atoms with Gasteiger partial charge < -0.3 is 15.0 Å². The predicted molar refractivity (Wildman–Crippen MR) is 121 cm³/mol. The van der Waals surface area contributed by atoms with E-state index in [4.69, 9.17) is 4.74 Å². The Morgan fingerprint density at radius 3 is 2.36 bits per heavy atom. The van der Waals surface area contributed by atoms with Gasteiger partial charge in [0.1, 0.15) is 0 Å². The van der Waals surface area contributed by atoms with Crippen molar-refractivity contribution >= 4 is 21.9 Å². The van der Waals surface area contributed by atoms with Crippen LogP contribution in [-0.2, 0) is 26.1 Å². The van der Waals surface area contributed by atoms with E-state index in [9.17, 15) is 22.8 Å². The Kier molecular flexibility index (Phi) is 7.14. The zero-order valence-electron chi connectivity index (χ0n) is 18.4. The maximum atomic E-state index is 12.4. The Bertz CT molecular complexity index is 1320. The van der Waals surface area contributed by atoms with Crippen molar-refractivity contribution in [3.05, 3.63) is 82.0 Å². The quantitative estimate of drug-likeness (QED) is 0.474. The monoisotopic (exact) mass is 472 g/mol. The molecule has 0 fully saturated rings. The van der Waals surface area contributed by atoms with Gasteiger partial charge in [0.05, 0.1) is 16.1 Å². The van der Waals surface area contributed by atoms with Crippen molar-refractivity contribution in [2.45, 2.75) is 18.4 Å². The summed E-state index contributed by atoms with van der Waals surface area (Å²) in [7, 11) is -0.819. The number of esters is 1. The molecule has 0 radical (unpaired) electrons. The second kappa shape index (κ2) is 9.84. The lowest BCUT2D eigenvalue weighted by Crippen LogP contribution is -2.30. The number of sulfonamides is 1. The number of aryl methyl sites for hydroxylation is 1. The van der Waals surface area contributed by atoms with Gasteiger partial charge in [0.15, 0.2) is 6.61 Å². The summed E-state index contributed by atoms with van der Waals surface area (Å²) in [5.74, 6) is -1.28. The summed E-state index contributed by atoms with van der Waals surface area (Å²) in [6.07, 6.45) is 1.58. The first-order valence-corrected chi connectivity index (χ1v) is 11.4. The van der Waals surface area contributed by atoms with Gasteiger partial charge in [0.2, 0.25) is 10.0 Å². The van der Waals surface area contributed by atoms with Crippen molar-refractivity contribution in [1.82, 2.24) is 19.2 Å². The molecule has 1 aromatic heterocycles. The summed E-state index contributed by atoms with van der Waals surface area (Å²) in [6.45, 7) is 1.20. The minimum atomic E-state index is -3.67. The lowest BCUT2D eigenvalue weighted by molar-refractivity contribution is -0.124. The summed E-state index contributed by atoms with van der Waals surface area (Å²) < 4.78 is 32.4. The first kappa shape index (κ1) is 24.0. The maximum absolute atomic E-state index is 12.4. The van der Waals surface area contributed by atoms with Gasteiger partial charge in [-0.1, -0.05) is 18.2 Å². The number of aromatic amines is 1. The molecule has 33 heavy (non-hydrogen) atoms. The number of H-pyrrole nitrogens is 1. The Morgan fingerprint density at radius 1 is 1.09 bits per heavy atom. The summed E-state index contributed by atoms with van der Waals surface area (Å²) >= 11 is 0. The normalized spacial score (nSPS) is 11.4. The van der Waals surface area contributed by atoms with Gasteiger partial charge in [-0.3, -0.25) is 9.36 Å². The molecule has 1 heterocycles. The van der Waals surface area contributed by atoms with Gasteiger partial charge in [-0.15, -0.1) is 0 Å². The summed E-state index contributed by atoms with van der Waals surface area (Å²) in [4.78, 5) is 38.9. The Morgan fingerprint density at radius 2 is 1.76 bits per heavy atom. The van der Waals surface area contributed by atoms with Gasteiger partial charge in [-0.05, 0) is 42.8 Å². The molecule has 0 aliphatic rings. The number of rotatable bonds is 8. The van der Waals surface area contributed by atoms with E-state index in [1.165, 1.54) is 36.9 Å². The fourth-order valence-corrected chi connectivity index (χ4v) is 4.20. The number of aromatic nitrogens is 2. The molecule has 2 aromatic carbocycles. The SMILES string of the molecule is Cc1c[nH]c(=O)n1-c1ccc(C(=O)OCC(=O)NCc2ccccc2S(=O)(=O)N(C)C)cc1. The van der Waals surface area contributed by atoms with E-state index >= 15 is 0 Å². The zero-order chi connectivity index (χ0) is 24.2. The molecule has 10 nitrogen and oxygen atoms in total. The van der Waals surface area contributed by atoms with Crippen molar-refractivity contribution in [2.24, 2.45) is 0 Å². The third-order valence-corrected chi connectivity index (χ3v) is 6.78. The second-order valence-electron chi connectivity index (χ2n) is 7.37. The van der Waals surface area contributed by atoms with Crippen molar-refractivity contribution in [3.63, 3.8) is 0 Å². The molecule has 0 atom stereocenters. The molecule has 0 aliphatic heterocycles. The minimum Gasteiger partial charge on any atom is -0.452 e. The number of nitrogens with one attached hydrogen (secondary N) is 2. The number of imidazole rings is 1. The lowest BCUT2D eigenvalue weighted by Gasteiger charge is -2.15. The largest absolute Gasteiger partial charge is 0.452 e. The van der Waals surface area contributed by atoms with Crippen LogP contribution in [0.2, 0.25) is 0 Å². The van der Waals surface area contributed by atoms with Gasteiger partial charge in [0.25, 0.3) is 5.91 Å². The molecule has 1 amide bonds. The Hall–Kier alpha value is -3.70. The van der Waals surface area contributed by atoms with Crippen LogP contribution in [0.25, 0.3) is 5.69 Å². The lowest BCUT2D eigenvalue weighted by atomic mass is 10.2. The highest BCUT2D eigenvalue weighted by Gasteiger charge is 2.21. The first-order valence-electron chi connectivity index (χ1n) is 9.93. The van der Waals surface area contributed by atoms with Crippen LogP contribution in [0.4, 0.5) is 0 Å². The molecule has 0 aliphatic carbocycles. The first-order chi connectivity index (χ1) is 15.6. The van der Waals surface area contributed by atoms with Crippen LogP contribution in [0.15, 0.2) is 64.4 Å². The van der Waals surface area contributed by atoms with Gasteiger partial charge >= 0.3 is 11.7 Å². The van der Waals surface area contributed by atoms with Crippen LogP contribution < -0.4 is 11.0 Å². The zero-order valence-corrected chi connectivity index (χ0v) is 19.2. The minimum absolute atomic E-state index is 0.0426. The molecule has 2 N–H and O–H groups in total. The second-order valence-corrected chi connectivity index (χ2v) is 9.49. The Labute approximate surface area is 190 Å². The number of benzene rings is 2. The number of hydrogen-bond acceptors (Lipinski definition) is 6. The highest BCUT2D eigenvalue weighted by atomic mass is 32.2. The number of ether oxygens (including phenoxy) is 1. The number of nitrogens with zero attached hydrogens (tertiary/aromatic N) is 2. The molecule has 174 valence electrons. The number of carbonyl (C=O) groups excluding carboxylic acids is 2. The van der Waals surface area contributed by atoms with Crippen LogP contribution in [0.5, 0.6) is 0 Å². The predicted octanol–water partition coefficient (Wildman–Crippen LogP) is 1.20. The van der Waals surface area contributed by atoms with E-state index in [1.54, 1.807) is 43.5 Å². The van der Waals surface area contributed by atoms with E-state index in [0.29, 0.717) is 16.9 Å². The van der Waals surface area contributed by atoms with Crippen LogP contribution in [-0.4, -0.2) is 54.9 Å². The van der Waals surface area contributed by atoms with Crippen molar-refractivity contribution in [3.8, 4) is 5.69 Å². The molecule has 0 unspecified atom stereocenters. The molecule has 11 heteroatoms. The number of hydrogen-bond donors (Lipinski definition) is 2. The summed E-state index contributed by atoms with van der Waals surface area (Å²) in [5, 5.41) is 2.56. The fraction of sp³-hybridized carbons (Fsp3) is 0.227.